The molecule has 0 bridgehead atoms. The second-order valence-corrected chi connectivity index (χ2v) is 10.7. The van der Waals surface area contributed by atoms with Crippen molar-refractivity contribution >= 4 is 34.5 Å². The normalized spacial score (nSPS) is 11.4. The van der Waals surface area contributed by atoms with Gasteiger partial charge in [0, 0.05) is 37.3 Å². The number of benzene rings is 2. The molecule has 0 unspecified atom stereocenters. The van der Waals surface area contributed by atoms with Crippen LogP contribution in [0.5, 0.6) is 0 Å². The van der Waals surface area contributed by atoms with E-state index in [2.05, 4.69) is 53.8 Å². The number of anilines is 1. The molecule has 200 valence electrons. The zero-order valence-electron chi connectivity index (χ0n) is 22.3. The molecule has 0 fully saturated rings. The van der Waals surface area contributed by atoms with Crippen LogP contribution in [0, 0.1) is 0 Å². The molecule has 8 nitrogen and oxygen atoms in total. The quantitative estimate of drug-likeness (QED) is 0.132. The topological polar surface area (TPSA) is 94.0 Å². The van der Waals surface area contributed by atoms with Crippen LogP contribution < -0.4 is 10.6 Å². The third-order valence-electron chi connectivity index (χ3n) is 6.00. The summed E-state index contributed by atoms with van der Waals surface area (Å²) in [5, 5.41) is 12.9. The fourth-order valence-corrected chi connectivity index (χ4v) is 4.95. The Morgan fingerprint density at radius 2 is 1.68 bits per heavy atom. The van der Waals surface area contributed by atoms with Crippen molar-refractivity contribution < 1.29 is 9.53 Å². The van der Waals surface area contributed by atoms with Crippen LogP contribution in [0.1, 0.15) is 44.2 Å². The zero-order chi connectivity index (χ0) is 26.7. The second kappa shape index (κ2) is 13.9. The van der Waals surface area contributed by atoms with Crippen molar-refractivity contribution in [1.29, 1.82) is 0 Å². The summed E-state index contributed by atoms with van der Waals surface area (Å²) in [5.74, 6) is 0.751. The van der Waals surface area contributed by atoms with E-state index in [9.17, 15) is 4.79 Å². The van der Waals surface area contributed by atoms with Crippen LogP contribution in [0.15, 0.2) is 72.0 Å². The Morgan fingerprint density at radius 3 is 2.32 bits per heavy atom. The maximum Gasteiger partial charge on any atom is 0.221 e. The highest BCUT2D eigenvalue weighted by molar-refractivity contribution is 7.99. The molecule has 0 saturated carbocycles. The summed E-state index contributed by atoms with van der Waals surface area (Å²) < 4.78 is 7.29. The van der Waals surface area contributed by atoms with Crippen LogP contribution in [0.3, 0.4) is 0 Å². The van der Waals surface area contributed by atoms with Crippen LogP contribution in [-0.2, 0) is 16.1 Å². The molecule has 2 aromatic carbocycles. The average Bonchev–Trinajstić information content (AvgIpc) is 3.33. The Labute approximate surface area is 228 Å². The molecule has 0 aliphatic rings. The largest absolute Gasteiger partial charge is 0.380 e. The minimum absolute atomic E-state index is 0.00289. The van der Waals surface area contributed by atoms with Crippen molar-refractivity contribution in [1.82, 2.24) is 25.1 Å². The summed E-state index contributed by atoms with van der Waals surface area (Å²) in [6.45, 7) is 9.10. The Balaban J connectivity index is 1.43. The predicted octanol–water partition coefficient (Wildman–Crippen LogP) is 5.11. The van der Waals surface area contributed by atoms with Gasteiger partial charge in [-0.2, -0.15) is 5.10 Å². The lowest BCUT2D eigenvalue weighted by Gasteiger charge is -2.18. The van der Waals surface area contributed by atoms with Crippen molar-refractivity contribution in [3.63, 3.8) is 0 Å². The number of carbonyl (C=O) groups is 1. The minimum atomic E-state index is -0.00314. The molecule has 0 saturated heterocycles. The summed E-state index contributed by atoms with van der Waals surface area (Å²) in [6, 6.07) is 20.4. The molecule has 2 heterocycles. The number of ether oxygens (including phenoxy) is 1. The third-order valence-corrected chi connectivity index (χ3v) is 6.86. The van der Waals surface area contributed by atoms with Crippen LogP contribution in [0.25, 0.3) is 11.0 Å². The number of aromatic nitrogens is 4. The first-order valence-electron chi connectivity index (χ1n) is 13.1. The van der Waals surface area contributed by atoms with Crippen molar-refractivity contribution in [2.24, 2.45) is 0 Å². The summed E-state index contributed by atoms with van der Waals surface area (Å²) in [5.41, 5.74) is 3.01. The number of fused-ring (bicyclic) bond motifs is 1. The van der Waals surface area contributed by atoms with E-state index in [0.29, 0.717) is 49.7 Å². The first kappa shape index (κ1) is 27.6. The number of thioether (sulfide) groups is 1. The maximum atomic E-state index is 13.0. The Bertz CT molecular complexity index is 1260. The SMILES string of the molecule is CCOCCNc1nc(SC(C)C)nc2c1cnn2CCNC(=O)CC(c1ccccc1)c1ccccc1. The number of hydrogen-bond acceptors (Lipinski definition) is 7. The lowest BCUT2D eigenvalue weighted by Crippen LogP contribution is -2.29. The fourth-order valence-electron chi connectivity index (χ4n) is 4.24. The molecule has 0 aliphatic heterocycles. The van der Waals surface area contributed by atoms with Gasteiger partial charge in [-0.3, -0.25) is 4.79 Å². The molecule has 0 spiro atoms. The van der Waals surface area contributed by atoms with Crippen LogP contribution in [0.2, 0.25) is 0 Å². The zero-order valence-corrected chi connectivity index (χ0v) is 23.1. The lowest BCUT2D eigenvalue weighted by molar-refractivity contribution is -0.121. The standard InChI is InChI=1S/C29H36N6O2S/c1-4-37-18-16-31-27-25-20-32-35(28(25)34-29(33-27)38-21(2)3)17-15-30-26(36)19-24(22-11-7-5-8-12-22)23-13-9-6-10-14-23/h5-14,20-21,24H,4,15-19H2,1-3H3,(H,30,36)(H,31,33,34). The van der Waals surface area contributed by atoms with Crippen molar-refractivity contribution in [2.75, 3.05) is 31.6 Å². The third kappa shape index (κ3) is 7.55. The molecule has 1 amide bonds. The molecule has 0 radical (unpaired) electrons. The molecular weight excluding hydrogens is 496 g/mol. The van der Waals surface area contributed by atoms with Crippen molar-refractivity contribution in [2.45, 2.75) is 50.1 Å². The van der Waals surface area contributed by atoms with Crippen LogP contribution >= 0.6 is 11.8 Å². The number of nitrogens with zero attached hydrogens (tertiary/aromatic N) is 4. The van der Waals surface area contributed by atoms with Gasteiger partial charge in [0.2, 0.25) is 5.91 Å². The Morgan fingerprint density at radius 1 is 1.00 bits per heavy atom. The van der Waals surface area contributed by atoms with E-state index in [0.717, 1.165) is 28.0 Å². The average molecular weight is 533 g/mol. The van der Waals surface area contributed by atoms with Gasteiger partial charge in [-0.25, -0.2) is 14.6 Å². The van der Waals surface area contributed by atoms with E-state index in [4.69, 9.17) is 14.7 Å². The number of carbonyl (C=O) groups excluding carboxylic acids is 1. The number of rotatable bonds is 14. The van der Waals surface area contributed by atoms with Gasteiger partial charge in [-0.05, 0) is 18.1 Å². The van der Waals surface area contributed by atoms with E-state index >= 15 is 0 Å². The summed E-state index contributed by atoms with van der Waals surface area (Å²) in [6.07, 6.45) is 2.16. The summed E-state index contributed by atoms with van der Waals surface area (Å²) in [4.78, 5) is 22.5. The molecule has 0 aliphatic carbocycles. The van der Waals surface area contributed by atoms with Crippen LogP contribution in [0.4, 0.5) is 5.82 Å². The number of amides is 1. The minimum Gasteiger partial charge on any atom is -0.380 e. The van der Waals surface area contributed by atoms with Gasteiger partial charge >= 0.3 is 0 Å². The fraction of sp³-hybridized carbons (Fsp3) is 0.379. The molecule has 38 heavy (non-hydrogen) atoms. The molecule has 0 atom stereocenters. The van der Waals surface area contributed by atoms with Gasteiger partial charge in [0.25, 0.3) is 0 Å². The number of hydrogen-bond donors (Lipinski definition) is 2. The van der Waals surface area contributed by atoms with Gasteiger partial charge in [-0.15, -0.1) is 0 Å². The first-order chi connectivity index (χ1) is 18.5. The number of nitrogens with one attached hydrogen (secondary N) is 2. The summed E-state index contributed by atoms with van der Waals surface area (Å²) >= 11 is 1.61. The van der Waals surface area contributed by atoms with E-state index in [1.807, 2.05) is 48.0 Å². The highest BCUT2D eigenvalue weighted by atomic mass is 32.2. The highest BCUT2D eigenvalue weighted by Crippen LogP contribution is 2.28. The van der Waals surface area contributed by atoms with Gasteiger partial charge in [0.15, 0.2) is 10.8 Å². The van der Waals surface area contributed by atoms with Gasteiger partial charge in [-0.1, -0.05) is 86.3 Å². The van der Waals surface area contributed by atoms with E-state index in [1.54, 1.807) is 18.0 Å². The Kier molecular flexibility index (Phi) is 10.1. The molecule has 4 rings (SSSR count). The Hall–Kier alpha value is -3.43. The molecule has 9 heteroatoms. The molecule has 4 aromatic rings. The van der Waals surface area contributed by atoms with E-state index < -0.39 is 0 Å². The monoisotopic (exact) mass is 532 g/mol. The van der Waals surface area contributed by atoms with Gasteiger partial charge in [0.1, 0.15) is 5.82 Å². The van der Waals surface area contributed by atoms with Crippen LogP contribution in [-0.4, -0.2) is 57.2 Å². The van der Waals surface area contributed by atoms with E-state index in [1.165, 1.54) is 0 Å². The highest BCUT2D eigenvalue weighted by Gasteiger charge is 2.18. The predicted molar refractivity (Wildman–Crippen MR) is 154 cm³/mol. The van der Waals surface area contributed by atoms with E-state index in [-0.39, 0.29) is 11.8 Å². The second-order valence-electron chi connectivity index (χ2n) is 9.18. The van der Waals surface area contributed by atoms with Gasteiger partial charge in [0.05, 0.1) is 24.7 Å². The molecule has 2 aromatic heterocycles. The van der Waals surface area contributed by atoms with Crippen molar-refractivity contribution in [3.05, 3.63) is 78.0 Å². The van der Waals surface area contributed by atoms with Crippen molar-refractivity contribution in [3.8, 4) is 0 Å². The molecule has 2 N–H and O–H groups in total. The molecular formula is C29H36N6O2S. The van der Waals surface area contributed by atoms with Gasteiger partial charge < -0.3 is 15.4 Å². The lowest BCUT2D eigenvalue weighted by atomic mass is 9.88. The first-order valence-corrected chi connectivity index (χ1v) is 14.0. The smallest absolute Gasteiger partial charge is 0.221 e. The summed E-state index contributed by atoms with van der Waals surface area (Å²) in [7, 11) is 0. The maximum absolute atomic E-state index is 13.0.